The number of cyclic esters (lactones) is 1. The fourth-order valence-corrected chi connectivity index (χ4v) is 7.89. The van der Waals surface area contributed by atoms with Gasteiger partial charge in [0.25, 0.3) is 0 Å². The van der Waals surface area contributed by atoms with Crippen molar-refractivity contribution in [3.05, 3.63) is 46.6 Å². The molecule has 0 aromatic carbocycles. The molecule has 0 aromatic rings. The predicted octanol–water partition coefficient (Wildman–Crippen LogP) is 3.32. The molecule has 0 amide bonds. The fourth-order valence-electron chi connectivity index (χ4n) is 7.89. The molecule has 6 nitrogen and oxygen atoms in total. The van der Waals surface area contributed by atoms with Crippen LogP contribution >= 0.6 is 0 Å². The van der Waals surface area contributed by atoms with Gasteiger partial charge in [0.05, 0.1) is 17.6 Å². The van der Waals surface area contributed by atoms with Crippen LogP contribution in [0.5, 0.6) is 0 Å². The van der Waals surface area contributed by atoms with Crippen molar-refractivity contribution in [2.45, 2.75) is 83.5 Å². The summed E-state index contributed by atoms with van der Waals surface area (Å²) in [4.78, 5) is 25.5. The molecule has 0 unspecified atom stereocenters. The molecule has 0 aromatic heterocycles. The lowest BCUT2D eigenvalue weighted by Gasteiger charge is -2.59. The van der Waals surface area contributed by atoms with Crippen LogP contribution in [0.25, 0.3) is 0 Å². The molecule has 34 heavy (non-hydrogen) atoms. The molecule has 1 fully saturated rings. The Hall–Kier alpha value is -2.02. The molecule has 6 heteroatoms. The van der Waals surface area contributed by atoms with E-state index in [0.717, 1.165) is 24.8 Å². The first-order chi connectivity index (χ1) is 15.9. The lowest BCUT2D eigenvalue weighted by molar-refractivity contribution is -0.239. The third-order valence-corrected chi connectivity index (χ3v) is 10.3. The van der Waals surface area contributed by atoms with Gasteiger partial charge in [-0.15, -0.1) is 0 Å². The maximum atomic E-state index is 13.1. The van der Waals surface area contributed by atoms with E-state index in [1.807, 2.05) is 13.0 Å². The molecule has 1 aliphatic heterocycles. The predicted molar refractivity (Wildman–Crippen MR) is 126 cm³/mol. The van der Waals surface area contributed by atoms with E-state index >= 15 is 0 Å². The molecule has 184 valence electrons. The summed E-state index contributed by atoms with van der Waals surface area (Å²) in [6.07, 6.45) is 10.7. The van der Waals surface area contributed by atoms with Gasteiger partial charge in [-0.3, -0.25) is 4.79 Å². The van der Waals surface area contributed by atoms with Crippen molar-refractivity contribution >= 4 is 11.8 Å². The number of allylic oxidation sites excluding steroid dienone is 4. The Morgan fingerprint density at radius 2 is 1.97 bits per heavy atom. The Bertz CT molecular complexity index is 1080. The molecule has 5 aliphatic rings. The smallest absolute Gasteiger partial charge is 0.336 e. The monoisotopic (exact) mass is 468 g/mol. The number of fused-ring (bicyclic) bond motifs is 5. The normalized spacial score (nSPS) is 43.3. The van der Waals surface area contributed by atoms with Gasteiger partial charge in [-0.1, -0.05) is 41.9 Å². The second-order valence-electron chi connectivity index (χ2n) is 11.6. The minimum atomic E-state index is -1.70. The highest BCUT2D eigenvalue weighted by Crippen LogP contribution is 2.66. The van der Waals surface area contributed by atoms with Gasteiger partial charge >= 0.3 is 5.97 Å². The Kier molecular flexibility index (Phi) is 5.22. The van der Waals surface area contributed by atoms with Crippen LogP contribution in [0.4, 0.5) is 0 Å². The van der Waals surface area contributed by atoms with E-state index in [-0.39, 0.29) is 36.0 Å². The van der Waals surface area contributed by atoms with E-state index in [0.29, 0.717) is 12.0 Å². The van der Waals surface area contributed by atoms with Gasteiger partial charge in [0, 0.05) is 11.8 Å². The highest BCUT2D eigenvalue weighted by atomic mass is 16.6. The summed E-state index contributed by atoms with van der Waals surface area (Å²) >= 11 is 0. The second-order valence-corrected chi connectivity index (χ2v) is 11.6. The Morgan fingerprint density at radius 1 is 1.24 bits per heavy atom. The number of hydrogen-bond donors (Lipinski definition) is 3. The molecule has 5 rings (SSSR count). The zero-order chi connectivity index (χ0) is 24.7. The first kappa shape index (κ1) is 23.7. The third-order valence-electron chi connectivity index (χ3n) is 10.3. The first-order valence-electron chi connectivity index (χ1n) is 12.5. The van der Waals surface area contributed by atoms with E-state index in [9.17, 15) is 24.9 Å². The Balaban J connectivity index is 1.48. The van der Waals surface area contributed by atoms with Crippen molar-refractivity contribution in [2.24, 2.45) is 22.7 Å². The fraction of sp³-hybridized carbons (Fsp3) is 0.643. The Morgan fingerprint density at radius 3 is 2.65 bits per heavy atom. The molecule has 3 N–H and O–H groups in total. The van der Waals surface area contributed by atoms with Crippen LogP contribution in [0.15, 0.2) is 46.6 Å². The van der Waals surface area contributed by atoms with Crippen molar-refractivity contribution < 1.29 is 29.6 Å². The van der Waals surface area contributed by atoms with Crippen LogP contribution < -0.4 is 0 Å². The summed E-state index contributed by atoms with van der Waals surface area (Å²) in [5.41, 5.74) is -1.21. The Labute approximate surface area is 201 Å². The SMILES string of the molecule is CC1=C(CO)C(=O)O[C@@H]([C@](C)(O)[C@@]2(O)CC=C3[C@@H]4CC=C5CC=CC(=O)[C@]5(C)[C@H]4CC[C@@]32C)C1. The number of aliphatic hydroxyl groups is 3. The van der Waals surface area contributed by atoms with Gasteiger partial charge in [-0.25, -0.2) is 4.79 Å². The van der Waals surface area contributed by atoms with Crippen molar-refractivity contribution in [1.29, 1.82) is 0 Å². The summed E-state index contributed by atoms with van der Waals surface area (Å²) in [6, 6.07) is 0. The average Bonchev–Trinajstić information content (AvgIpc) is 3.07. The minimum Gasteiger partial charge on any atom is -0.455 e. The lowest BCUT2D eigenvalue weighted by Crippen LogP contribution is -2.67. The molecule has 0 spiro atoms. The number of aliphatic hydroxyl groups excluding tert-OH is 1. The average molecular weight is 469 g/mol. The molecular formula is C28H36O6. The number of hydrogen-bond acceptors (Lipinski definition) is 6. The van der Waals surface area contributed by atoms with Crippen molar-refractivity contribution in [3.63, 3.8) is 0 Å². The maximum Gasteiger partial charge on any atom is 0.336 e. The van der Waals surface area contributed by atoms with Gasteiger partial charge in [0.2, 0.25) is 0 Å². The number of ether oxygens (including phenoxy) is 1. The molecule has 1 heterocycles. The number of carbonyl (C=O) groups excluding carboxylic acids is 2. The standard InChI is InChI=1S/C28H36O6/c1-16-14-23(34-24(31)19(16)15-29)27(4,32)28(33)13-11-20-18-9-8-17-6-5-7-22(30)26(17,3)21(18)10-12-25(20,28)2/h5,7-8,11,18,21,23,29,32-33H,6,9-10,12-15H2,1-4H3/t18-,21-,23+,25-,26-,27-,28+/m0/s1. The minimum absolute atomic E-state index is 0.129. The summed E-state index contributed by atoms with van der Waals surface area (Å²) in [5.74, 6) is -0.173. The van der Waals surface area contributed by atoms with Gasteiger partial charge in [-0.2, -0.15) is 0 Å². The van der Waals surface area contributed by atoms with E-state index in [1.54, 1.807) is 19.9 Å². The summed E-state index contributed by atoms with van der Waals surface area (Å²) < 4.78 is 5.58. The summed E-state index contributed by atoms with van der Waals surface area (Å²) in [5, 5.41) is 33.6. The number of esters is 1. The molecule has 4 aliphatic carbocycles. The van der Waals surface area contributed by atoms with E-state index in [2.05, 4.69) is 19.1 Å². The third kappa shape index (κ3) is 2.79. The zero-order valence-electron chi connectivity index (χ0n) is 20.6. The van der Waals surface area contributed by atoms with Crippen LogP contribution in [0, 0.1) is 22.7 Å². The number of rotatable bonds is 3. The molecule has 7 atom stereocenters. The molecule has 0 bridgehead atoms. The quantitative estimate of drug-likeness (QED) is 0.434. The second kappa shape index (κ2) is 7.49. The van der Waals surface area contributed by atoms with Crippen LogP contribution in [-0.4, -0.2) is 51.0 Å². The number of ketones is 1. The zero-order valence-corrected chi connectivity index (χ0v) is 20.6. The molecule has 0 radical (unpaired) electrons. The molecular weight excluding hydrogens is 432 g/mol. The van der Waals surface area contributed by atoms with Crippen LogP contribution in [0.3, 0.4) is 0 Å². The van der Waals surface area contributed by atoms with Crippen LogP contribution in [0.2, 0.25) is 0 Å². The highest BCUT2D eigenvalue weighted by molar-refractivity contribution is 5.98. The van der Waals surface area contributed by atoms with Crippen molar-refractivity contribution in [3.8, 4) is 0 Å². The highest BCUT2D eigenvalue weighted by Gasteiger charge is 2.68. The first-order valence-corrected chi connectivity index (χ1v) is 12.5. The van der Waals surface area contributed by atoms with Gasteiger partial charge < -0.3 is 20.1 Å². The van der Waals surface area contributed by atoms with E-state index in [1.165, 1.54) is 5.57 Å². The molecule has 1 saturated carbocycles. The van der Waals surface area contributed by atoms with Crippen molar-refractivity contribution in [1.82, 2.24) is 0 Å². The maximum absolute atomic E-state index is 13.1. The lowest BCUT2D eigenvalue weighted by atomic mass is 9.47. The van der Waals surface area contributed by atoms with E-state index < -0.39 is 40.7 Å². The van der Waals surface area contributed by atoms with E-state index in [4.69, 9.17) is 4.74 Å². The van der Waals surface area contributed by atoms with Gasteiger partial charge in [0.15, 0.2) is 5.78 Å². The van der Waals surface area contributed by atoms with Gasteiger partial charge in [0.1, 0.15) is 17.3 Å². The van der Waals surface area contributed by atoms with Crippen molar-refractivity contribution in [2.75, 3.05) is 6.61 Å². The summed E-state index contributed by atoms with van der Waals surface area (Å²) in [6.45, 7) is 7.03. The topological polar surface area (TPSA) is 104 Å². The van der Waals surface area contributed by atoms with Crippen LogP contribution in [0.1, 0.15) is 66.2 Å². The largest absolute Gasteiger partial charge is 0.455 e. The van der Waals surface area contributed by atoms with Crippen LogP contribution in [-0.2, 0) is 14.3 Å². The molecule has 0 saturated heterocycles. The van der Waals surface area contributed by atoms with Gasteiger partial charge in [-0.05, 0) is 70.8 Å². The number of carbonyl (C=O) groups is 2. The summed E-state index contributed by atoms with van der Waals surface area (Å²) in [7, 11) is 0.